The lowest BCUT2D eigenvalue weighted by Gasteiger charge is -2.08. The minimum atomic E-state index is -0.874. The summed E-state index contributed by atoms with van der Waals surface area (Å²) in [5, 5.41) is 0. The van der Waals surface area contributed by atoms with E-state index in [1.165, 1.54) is 5.56 Å². The van der Waals surface area contributed by atoms with Gasteiger partial charge in [0.25, 0.3) is 0 Å². The Balaban J connectivity index is 1.53. The lowest BCUT2D eigenvalue weighted by atomic mass is 9.99. The van der Waals surface area contributed by atoms with Crippen molar-refractivity contribution in [2.45, 2.75) is 33.1 Å². The van der Waals surface area contributed by atoms with E-state index in [1.54, 1.807) is 36.4 Å². The van der Waals surface area contributed by atoms with Gasteiger partial charge in [-0.3, -0.25) is 0 Å². The van der Waals surface area contributed by atoms with Gasteiger partial charge in [-0.05, 0) is 46.7 Å². The second-order valence-electron chi connectivity index (χ2n) is 8.40. The molecule has 0 aromatic heterocycles. The normalized spacial score (nSPS) is 11.3. The molecule has 0 aliphatic rings. The third-order valence-corrected chi connectivity index (χ3v) is 6.03. The minimum absolute atomic E-state index is 0.175. The van der Waals surface area contributed by atoms with E-state index in [9.17, 15) is 13.2 Å². The second-order valence-corrected chi connectivity index (χ2v) is 8.40. The predicted molar refractivity (Wildman–Crippen MR) is 136 cm³/mol. The van der Waals surface area contributed by atoms with Gasteiger partial charge in [0.15, 0.2) is 11.6 Å². The van der Waals surface area contributed by atoms with Crippen LogP contribution in [0.4, 0.5) is 13.2 Å². The molecule has 0 heterocycles. The van der Waals surface area contributed by atoms with E-state index in [0.717, 1.165) is 36.0 Å². The first kappa shape index (κ1) is 23.6. The molecule has 34 heavy (non-hydrogen) atoms. The Morgan fingerprint density at radius 2 is 1.24 bits per heavy atom. The van der Waals surface area contributed by atoms with Gasteiger partial charge in [0.05, 0.1) is 0 Å². The number of hydrogen-bond acceptors (Lipinski definition) is 0. The van der Waals surface area contributed by atoms with Crippen LogP contribution < -0.4 is 0 Å². The summed E-state index contributed by atoms with van der Waals surface area (Å²) < 4.78 is 44.0. The zero-order valence-corrected chi connectivity index (χ0v) is 19.4. The molecule has 0 saturated heterocycles. The van der Waals surface area contributed by atoms with E-state index in [4.69, 9.17) is 0 Å². The first-order chi connectivity index (χ1) is 16.5. The van der Waals surface area contributed by atoms with Gasteiger partial charge in [-0.2, -0.15) is 0 Å². The maximum Gasteiger partial charge on any atom is 0.167 e. The standard InChI is InChI=1S/C31H27F3/c1-3-5-22-6-14-25(15-7-22)28-19-17-26(30(33)31(28)34)16-10-23-8-12-24(13-9-23)27-18-11-21(4-2)20-29(27)32/h6-20H,3-5H2,1-2H3/b16-10+. The molecular weight excluding hydrogens is 429 g/mol. The molecule has 0 spiro atoms. The molecule has 0 radical (unpaired) electrons. The predicted octanol–water partition coefficient (Wildman–Crippen LogP) is 9.12. The Bertz CT molecular complexity index is 1300. The first-order valence-corrected chi connectivity index (χ1v) is 11.6. The molecule has 4 rings (SSSR count). The zero-order chi connectivity index (χ0) is 24.1. The third-order valence-electron chi connectivity index (χ3n) is 6.03. The topological polar surface area (TPSA) is 0 Å². The maximum atomic E-state index is 14.8. The van der Waals surface area contributed by atoms with Crippen molar-refractivity contribution < 1.29 is 13.2 Å². The minimum Gasteiger partial charge on any atom is -0.206 e. The van der Waals surface area contributed by atoms with Crippen molar-refractivity contribution in [3.8, 4) is 22.3 Å². The van der Waals surface area contributed by atoms with E-state index in [2.05, 4.69) is 6.92 Å². The van der Waals surface area contributed by atoms with Gasteiger partial charge in [-0.25, -0.2) is 13.2 Å². The largest absolute Gasteiger partial charge is 0.206 e. The lowest BCUT2D eigenvalue weighted by Crippen LogP contribution is -1.94. The van der Waals surface area contributed by atoms with Gasteiger partial charge >= 0.3 is 0 Å². The zero-order valence-electron chi connectivity index (χ0n) is 19.4. The monoisotopic (exact) mass is 456 g/mol. The molecule has 0 fully saturated rings. The highest BCUT2D eigenvalue weighted by Crippen LogP contribution is 2.28. The maximum absolute atomic E-state index is 14.8. The molecule has 0 saturated carbocycles. The number of halogens is 3. The van der Waals surface area contributed by atoms with Crippen LogP contribution in [0.5, 0.6) is 0 Å². The fraction of sp³-hybridized carbons (Fsp3) is 0.161. The second kappa shape index (κ2) is 10.6. The van der Waals surface area contributed by atoms with Crippen LogP contribution in [0.25, 0.3) is 34.4 Å². The molecule has 0 aliphatic heterocycles. The Labute approximate surface area is 199 Å². The molecule has 0 unspecified atom stereocenters. The molecule has 4 aromatic rings. The Hall–Kier alpha value is -3.59. The molecule has 172 valence electrons. The highest BCUT2D eigenvalue weighted by atomic mass is 19.2. The van der Waals surface area contributed by atoms with E-state index in [1.807, 2.05) is 61.5 Å². The van der Waals surface area contributed by atoms with Gasteiger partial charge in [0.2, 0.25) is 0 Å². The molecule has 0 atom stereocenters. The summed E-state index contributed by atoms with van der Waals surface area (Å²) in [6, 6.07) is 23.4. The summed E-state index contributed by atoms with van der Waals surface area (Å²) in [7, 11) is 0. The van der Waals surface area contributed by atoms with E-state index < -0.39 is 11.6 Å². The first-order valence-electron chi connectivity index (χ1n) is 11.6. The fourth-order valence-corrected chi connectivity index (χ4v) is 4.03. The molecule has 0 nitrogen and oxygen atoms in total. The van der Waals surface area contributed by atoms with Gasteiger partial charge in [-0.1, -0.05) is 105 Å². The van der Waals surface area contributed by atoms with Crippen LogP contribution >= 0.6 is 0 Å². The summed E-state index contributed by atoms with van der Waals surface area (Å²) in [6.07, 6.45) is 6.05. The van der Waals surface area contributed by atoms with Gasteiger partial charge < -0.3 is 0 Å². The van der Waals surface area contributed by atoms with Crippen molar-refractivity contribution in [3.63, 3.8) is 0 Å². The van der Waals surface area contributed by atoms with E-state index >= 15 is 0 Å². The molecule has 3 heteroatoms. The quantitative estimate of drug-likeness (QED) is 0.243. The van der Waals surface area contributed by atoms with Crippen LogP contribution in [-0.2, 0) is 12.8 Å². The molecule has 4 aromatic carbocycles. The SMILES string of the molecule is CCCc1ccc(-c2ccc(/C=C/c3ccc(-c4ccc(CC)cc4F)cc3)c(F)c2F)cc1. The van der Waals surface area contributed by atoms with Crippen molar-refractivity contribution in [1.82, 2.24) is 0 Å². The average Bonchev–Trinajstić information content (AvgIpc) is 2.86. The van der Waals surface area contributed by atoms with Crippen molar-refractivity contribution >= 4 is 12.2 Å². The molecular formula is C31H27F3. The summed E-state index contributed by atoms with van der Waals surface area (Å²) in [4.78, 5) is 0. The van der Waals surface area contributed by atoms with Crippen LogP contribution in [0.1, 0.15) is 42.5 Å². The highest BCUT2D eigenvalue weighted by Gasteiger charge is 2.13. The number of hydrogen-bond donors (Lipinski definition) is 0. The summed E-state index contributed by atoms with van der Waals surface area (Å²) in [5.41, 5.74) is 5.33. The van der Waals surface area contributed by atoms with E-state index in [-0.39, 0.29) is 16.9 Å². The van der Waals surface area contributed by atoms with Crippen molar-refractivity contribution in [2.24, 2.45) is 0 Å². The molecule has 0 aliphatic carbocycles. The third kappa shape index (κ3) is 5.14. The highest BCUT2D eigenvalue weighted by molar-refractivity contribution is 5.74. The van der Waals surface area contributed by atoms with Crippen molar-refractivity contribution in [1.29, 1.82) is 0 Å². The van der Waals surface area contributed by atoms with E-state index in [0.29, 0.717) is 11.1 Å². The van der Waals surface area contributed by atoms with Gasteiger partial charge in [-0.15, -0.1) is 0 Å². The van der Waals surface area contributed by atoms with Crippen LogP contribution in [0.2, 0.25) is 0 Å². The number of rotatable bonds is 7. The Kier molecular flexibility index (Phi) is 7.32. The van der Waals surface area contributed by atoms with Crippen LogP contribution in [0, 0.1) is 17.5 Å². The number of aryl methyl sites for hydroxylation is 2. The molecule has 0 bridgehead atoms. The molecule has 0 amide bonds. The van der Waals surface area contributed by atoms with Gasteiger partial charge in [0, 0.05) is 16.7 Å². The van der Waals surface area contributed by atoms with Crippen LogP contribution in [0.15, 0.2) is 78.9 Å². The lowest BCUT2D eigenvalue weighted by molar-refractivity contribution is 0.509. The average molecular weight is 457 g/mol. The van der Waals surface area contributed by atoms with Crippen molar-refractivity contribution in [2.75, 3.05) is 0 Å². The fourth-order valence-electron chi connectivity index (χ4n) is 4.03. The smallest absolute Gasteiger partial charge is 0.167 e. The van der Waals surface area contributed by atoms with Crippen LogP contribution in [0.3, 0.4) is 0 Å². The Morgan fingerprint density at radius 1 is 0.618 bits per heavy atom. The summed E-state index contributed by atoms with van der Waals surface area (Å²) in [5.74, 6) is -1.98. The molecule has 0 N–H and O–H groups in total. The van der Waals surface area contributed by atoms with Crippen LogP contribution in [-0.4, -0.2) is 0 Å². The van der Waals surface area contributed by atoms with Gasteiger partial charge in [0.1, 0.15) is 5.82 Å². The van der Waals surface area contributed by atoms with Crippen molar-refractivity contribution in [3.05, 3.63) is 119 Å². The Morgan fingerprint density at radius 3 is 1.88 bits per heavy atom. The summed E-state index contributed by atoms with van der Waals surface area (Å²) >= 11 is 0. The summed E-state index contributed by atoms with van der Waals surface area (Å²) in [6.45, 7) is 4.09. The number of benzene rings is 4.